The summed E-state index contributed by atoms with van der Waals surface area (Å²) >= 11 is 1.51. The molecule has 0 saturated carbocycles. The van der Waals surface area contributed by atoms with Crippen LogP contribution in [-0.2, 0) is 0 Å². The summed E-state index contributed by atoms with van der Waals surface area (Å²) in [5.74, 6) is 0.215. The van der Waals surface area contributed by atoms with Crippen LogP contribution in [0.2, 0.25) is 0 Å². The lowest BCUT2D eigenvalue weighted by Crippen LogP contribution is -2.30. The minimum Gasteiger partial charge on any atom is -0.303 e. The second-order valence-electron chi connectivity index (χ2n) is 5.06. The molecular weight excluding hydrogens is 244 g/mol. The fourth-order valence-electron chi connectivity index (χ4n) is 2.39. The Hall–Kier alpha value is -0.740. The van der Waals surface area contributed by atoms with Crippen molar-refractivity contribution in [2.75, 3.05) is 19.6 Å². The zero-order valence-electron chi connectivity index (χ0n) is 11.2. The first-order valence-corrected chi connectivity index (χ1v) is 7.75. The smallest absolute Gasteiger partial charge is 0.191 e. The van der Waals surface area contributed by atoms with Crippen LogP contribution in [0.15, 0.2) is 6.20 Å². The molecule has 3 nitrogen and oxygen atoms in total. The molecule has 0 atom stereocenters. The molecule has 2 rings (SSSR count). The Kier molecular flexibility index (Phi) is 5.32. The van der Waals surface area contributed by atoms with Crippen molar-refractivity contribution in [3.63, 3.8) is 0 Å². The number of ketones is 1. The van der Waals surface area contributed by atoms with Crippen LogP contribution in [0.4, 0.5) is 0 Å². The second kappa shape index (κ2) is 7.00. The van der Waals surface area contributed by atoms with Crippen molar-refractivity contribution in [3.8, 4) is 0 Å². The van der Waals surface area contributed by atoms with Crippen molar-refractivity contribution >= 4 is 17.1 Å². The van der Waals surface area contributed by atoms with Gasteiger partial charge in [0.15, 0.2) is 10.8 Å². The van der Waals surface area contributed by atoms with Crippen LogP contribution >= 0.6 is 11.3 Å². The van der Waals surface area contributed by atoms with Crippen molar-refractivity contribution in [1.29, 1.82) is 0 Å². The molecule has 1 aliphatic rings. The summed E-state index contributed by atoms with van der Waals surface area (Å²) in [5.41, 5.74) is 0. The molecule has 1 aromatic rings. The first-order valence-electron chi connectivity index (χ1n) is 6.94. The Morgan fingerprint density at radius 3 is 2.78 bits per heavy atom. The van der Waals surface area contributed by atoms with E-state index in [0.717, 1.165) is 24.3 Å². The Balaban J connectivity index is 1.61. The molecule has 0 aromatic carbocycles. The van der Waals surface area contributed by atoms with Gasteiger partial charge in [-0.15, -0.1) is 11.3 Å². The molecule has 0 unspecified atom stereocenters. The van der Waals surface area contributed by atoms with E-state index in [1.165, 1.54) is 43.7 Å². The molecule has 0 radical (unpaired) electrons. The molecule has 0 aliphatic carbocycles. The van der Waals surface area contributed by atoms with Gasteiger partial charge in [0, 0.05) is 17.5 Å². The van der Waals surface area contributed by atoms with Crippen LogP contribution in [0.1, 0.15) is 53.2 Å². The SMILES string of the molecule is Cc1cnc(C(=O)CCCCN2CCCCC2)s1. The summed E-state index contributed by atoms with van der Waals surface area (Å²) in [6.45, 7) is 5.65. The summed E-state index contributed by atoms with van der Waals surface area (Å²) in [6, 6.07) is 0. The van der Waals surface area contributed by atoms with E-state index in [9.17, 15) is 4.79 Å². The maximum absolute atomic E-state index is 11.8. The van der Waals surface area contributed by atoms with E-state index in [0.29, 0.717) is 11.4 Å². The Bertz CT molecular complexity index is 383. The van der Waals surface area contributed by atoms with E-state index in [2.05, 4.69) is 9.88 Å². The van der Waals surface area contributed by atoms with Crippen molar-refractivity contribution < 1.29 is 4.79 Å². The van der Waals surface area contributed by atoms with Gasteiger partial charge in [-0.1, -0.05) is 6.42 Å². The van der Waals surface area contributed by atoms with Crippen LogP contribution in [0.25, 0.3) is 0 Å². The normalized spacial score (nSPS) is 16.9. The van der Waals surface area contributed by atoms with Gasteiger partial charge in [0.05, 0.1) is 0 Å². The first-order chi connectivity index (χ1) is 8.75. The molecule has 18 heavy (non-hydrogen) atoms. The number of carbonyl (C=O) groups is 1. The fraction of sp³-hybridized carbons (Fsp3) is 0.714. The van der Waals surface area contributed by atoms with Gasteiger partial charge in [0.1, 0.15) is 0 Å². The van der Waals surface area contributed by atoms with Gasteiger partial charge >= 0.3 is 0 Å². The van der Waals surface area contributed by atoms with Crippen LogP contribution in [-0.4, -0.2) is 35.3 Å². The predicted molar refractivity (Wildman–Crippen MR) is 75.3 cm³/mol. The summed E-state index contributed by atoms with van der Waals surface area (Å²) in [7, 11) is 0. The maximum atomic E-state index is 11.8. The number of aryl methyl sites for hydroxylation is 1. The van der Waals surface area contributed by atoms with Gasteiger partial charge in [-0.25, -0.2) is 4.98 Å². The van der Waals surface area contributed by atoms with E-state index in [4.69, 9.17) is 0 Å². The van der Waals surface area contributed by atoms with Crippen molar-refractivity contribution in [3.05, 3.63) is 16.1 Å². The number of nitrogens with zero attached hydrogens (tertiary/aromatic N) is 2. The third-order valence-corrected chi connectivity index (χ3v) is 4.39. The largest absolute Gasteiger partial charge is 0.303 e. The number of aromatic nitrogens is 1. The lowest BCUT2D eigenvalue weighted by atomic mass is 10.1. The Labute approximate surface area is 113 Å². The molecule has 1 saturated heterocycles. The highest BCUT2D eigenvalue weighted by molar-refractivity contribution is 7.13. The summed E-state index contributed by atoms with van der Waals surface area (Å²) < 4.78 is 0. The fourth-order valence-corrected chi connectivity index (χ4v) is 3.13. The average molecular weight is 266 g/mol. The van der Waals surface area contributed by atoms with Crippen LogP contribution < -0.4 is 0 Å². The third kappa shape index (κ3) is 4.18. The Morgan fingerprint density at radius 2 is 2.11 bits per heavy atom. The van der Waals surface area contributed by atoms with E-state index in [1.54, 1.807) is 6.20 Å². The molecular formula is C14H22N2OS. The maximum Gasteiger partial charge on any atom is 0.191 e. The molecule has 100 valence electrons. The zero-order chi connectivity index (χ0) is 12.8. The van der Waals surface area contributed by atoms with Gasteiger partial charge in [-0.3, -0.25) is 4.79 Å². The van der Waals surface area contributed by atoms with Crippen molar-refractivity contribution in [1.82, 2.24) is 9.88 Å². The van der Waals surface area contributed by atoms with Crippen molar-refractivity contribution in [2.45, 2.75) is 45.4 Å². The average Bonchev–Trinajstić information content (AvgIpc) is 2.82. The van der Waals surface area contributed by atoms with E-state index >= 15 is 0 Å². The number of hydrogen-bond acceptors (Lipinski definition) is 4. The van der Waals surface area contributed by atoms with Gasteiger partial charge < -0.3 is 4.90 Å². The topological polar surface area (TPSA) is 33.2 Å². The van der Waals surface area contributed by atoms with Gasteiger partial charge in [0.25, 0.3) is 0 Å². The first kappa shape index (κ1) is 13.7. The molecule has 0 spiro atoms. The number of piperidine rings is 1. The molecule has 0 bridgehead atoms. The number of rotatable bonds is 6. The third-order valence-electron chi connectivity index (χ3n) is 3.44. The van der Waals surface area contributed by atoms with Crippen LogP contribution in [0.3, 0.4) is 0 Å². The summed E-state index contributed by atoms with van der Waals surface area (Å²) in [5, 5.41) is 0.686. The minimum absolute atomic E-state index is 0.215. The monoisotopic (exact) mass is 266 g/mol. The molecule has 1 aromatic heterocycles. The standard InChI is InChI=1S/C14H22N2OS/c1-12-11-15-14(18-12)13(17)7-3-6-10-16-8-4-2-5-9-16/h11H,2-10H2,1H3. The van der Waals surface area contributed by atoms with Crippen LogP contribution in [0, 0.1) is 6.92 Å². The van der Waals surface area contributed by atoms with Gasteiger partial charge in [0.2, 0.25) is 0 Å². The highest BCUT2D eigenvalue weighted by Crippen LogP contribution is 2.15. The number of Topliss-reactive ketones (excluding diaryl/α,β-unsaturated/α-hetero) is 1. The lowest BCUT2D eigenvalue weighted by molar-refractivity contribution is 0.0977. The molecule has 0 N–H and O–H groups in total. The quantitative estimate of drug-likeness (QED) is 0.585. The van der Waals surface area contributed by atoms with E-state index in [1.807, 2.05) is 6.92 Å². The highest BCUT2D eigenvalue weighted by Gasteiger charge is 2.11. The molecule has 1 aliphatic heterocycles. The van der Waals surface area contributed by atoms with Crippen LogP contribution in [0.5, 0.6) is 0 Å². The summed E-state index contributed by atoms with van der Waals surface area (Å²) in [4.78, 5) is 19.6. The van der Waals surface area contributed by atoms with E-state index < -0.39 is 0 Å². The number of carbonyl (C=O) groups excluding carboxylic acids is 1. The predicted octanol–water partition coefficient (Wildman–Crippen LogP) is 3.29. The van der Waals surface area contributed by atoms with Crippen molar-refractivity contribution in [2.24, 2.45) is 0 Å². The summed E-state index contributed by atoms with van der Waals surface area (Å²) in [6.07, 6.45) is 8.64. The van der Waals surface area contributed by atoms with Gasteiger partial charge in [-0.2, -0.15) is 0 Å². The number of likely N-dealkylation sites (tertiary alicyclic amines) is 1. The van der Waals surface area contributed by atoms with E-state index in [-0.39, 0.29) is 5.78 Å². The molecule has 0 amide bonds. The molecule has 1 fully saturated rings. The number of unbranched alkanes of at least 4 members (excludes halogenated alkanes) is 1. The second-order valence-corrected chi connectivity index (χ2v) is 6.29. The minimum atomic E-state index is 0.215. The van der Waals surface area contributed by atoms with Gasteiger partial charge in [-0.05, 0) is 52.2 Å². The molecule has 4 heteroatoms. The zero-order valence-corrected chi connectivity index (χ0v) is 12.0. The number of hydrogen-bond donors (Lipinski definition) is 0. The Morgan fingerprint density at radius 1 is 1.33 bits per heavy atom. The number of thiazole rings is 1. The molecule has 2 heterocycles. The lowest BCUT2D eigenvalue weighted by Gasteiger charge is -2.26. The highest BCUT2D eigenvalue weighted by atomic mass is 32.1.